The molecule has 1 heterocycles. The zero-order chi connectivity index (χ0) is 12.8. The molecule has 0 saturated heterocycles. The molecule has 0 fully saturated rings. The van der Waals surface area contributed by atoms with Crippen molar-refractivity contribution in [1.82, 2.24) is 15.3 Å². The number of benzene rings is 1. The molecule has 0 spiro atoms. The molecule has 1 aromatic heterocycles. The lowest BCUT2D eigenvalue weighted by Gasteiger charge is -2.16. The van der Waals surface area contributed by atoms with Gasteiger partial charge < -0.3 is 10.6 Å². The Labute approximate surface area is 111 Å². The summed E-state index contributed by atoms with van der Waals surface area (Å²) < 4.78 is 0. The van der Waals surface area contributed by atoms with Crippen molar-refractivity contribution in [3.05, 3.63) is 54.4 Å². The highest BCUT2D eigenvalue weighted by atomic mass is 32.1. The van der Waals surface area contributed by atoms with Gasteiger partial charge in [0, 0.05) is 12.4 Å². The van der Waals surface area contributed by atoms with Crippen LogP contribution in [-0.4, -0.2) is 15.1 Å². The van der Waals surface area contributed by atoms with E-state index in [2.05, 4.69) is 39.7 Å². The molecule has 2 aromatic rings. The van der Waals surface area contributed by atoms with Crippen LogP contribution in [0, 0.1) is 0 Å². The smallest absolute Gasteiger partial charge is 0.228 e. The third kappa shape index (κ3) is 3.49. The summed E-state index contributed by atoms with van der Waals surface area (Å²) in [6.45, 7) is 2.05. The van der Waals surface area contributed by atoms with Gasteiger partial charge in [-0.15, -0.1) is 0 Å². The number of nitrogens with zero attached hydrogens (tertiary/aromatic N) is 2. The maximum absolute atomic E-state index is 5.21. The molecule has 18 heavy (non-hydrogen) atoms. The Morgan fingerprint density at radius 2 is 1.78 bits per heavy atom. The fraction of sp³-hybridized carbons (Fsp3) is 0.154. The van der Waals surface area contributed by atoms with Gasteiger partial charge in [0.2, 0.25) is 5.95 Å². The van der Waals surface area contributed by atoms with Gasteiger partial charge in [-0.1, -0.05) is 30.3 Å². The topological polar surface area (TPSA) is 49.8 Å². The second-order valence-corrected chi connectivity index (χ2v) is 4.21. The van der Waals surface area contributed by atoms with Crippen LogP contribution < -0.4 is 10.6 Å². The van der Waals surface area contributed by atoms with Crippen molar-refractivity contribution in [2.24, 2.45) is 0 Å². The number of hydrogen-bond donors (Lipinski definition) is 2. The Hall–Kier alpha value is -2.01. The van der Waals surface area contributed by atoms with Crippen LogP contribution in [0.15, 0.2) is 48.8 Å². The van der Waals surface area contributed by atoms with Crippen LogP contribution in [0.25, 0.3) is 0 Å². The van der Waals surface area contributed by atoms with Gasteiger partial charge in [-0.3, -0.25) is 0 Å². The molecule has 0 aliphatic heterocycles. The molecule has 0 radical (unpaired) electrons. The molecule has 2 rings (SSSR count). The highest BCUT2D eigenvalue weighted by molar-refractivity contribution is 7.80. The Morgan fingerprint density at radius 1 is 1.11 bits per heavy atom. The van der Waals surface area contributed by atoms with Gasteiger partial charge in [0.1, 0.15) is 0 Å². The molecular weight excluding hydrogens is 244 g/mol. The van der Waals surface area contributed by atoms with Crippen LogP contribution in [0.3, 0.4) is 0 Å². The number of anilines is 1. The average Bonchev–Trinajstić information content (AvgIpc) is 2.40. The summed E-state index contributed by atoms with van der Waals surface area (Å²) in [5.41, 5.74) is 1.18. The largest absolute Gasteiger partial charge is 0.356 e. The highest BCUT2D eigenvalue weighted by Crippen LogP contribution is 2.11. The minimum atomic E-state index is 0.134. The Balaban J connectivity index is 1.92. The van der Waals surface area contributed by atoms with Crippen molar-refractivity contribution < 1.29 is 0 Å². The Morgan fingerprint density at radius 3 is 2.44 bits per heavy atom. The van der Waals surface area contributed by atoms with Crippen molar-refractivity contribution in [1.29, 1.82) is 0 Å². The van der Waals surface area contributed by atoms with E-state index in [0.717, 1.165) is 0 Å². The summed E-state index contributed by atoms with van der Waals surface area (Å²) >= 11 is 5.21. The Kier molecular flexibility index (Phi) is 4.20. The lowest BCUT2D eigenvalue weighted by molar-refractivity contribution is 0.722. The summed E-state index contributed by atoms with van der Waals surface area (Å²) in [5, 5.41) is 6.64. The molecular formula is C13H14N4S. The first-order valence-corrected chi connectivity index (χ1v) is 6.06. The van der Waals surface area contributed by atoms with Crippen molar-refractivity contribution in [2.45, 2.75) is 13.0 Å². The normalized spacial score (nSPS) is 11.6. The maximum Gasteiger partial charge on any atom is 0.228 e. The van der Waals surface area contributed by atoms with Crippen LogP contribution in [0.2, 0.25) is 0 Å². The number of nitrogens with one attached hydrogen (secondary N) is 2. The molecule has 0 unspecified atom stereocenters. The fourth-order valence-corrected chi connectivity index (χ4v) is 1.79. The molecule has 0 amide bonds. The van der Waals surface area contributed by atoms with Crippen LogP contribution in [0.1, 0.15) is 18.5 Å². The third-order valence-corrected chi connectivity index (χ3v) is 2.66. The van der Waals surface area contributed by atoms with Crippen LogP contribution >= 0.6 is 12.2 Å². The lowest BCUT2D eigenvalue weighted by atomic mass is 10.1. The second-order valence-electron chi connectivity index (χ2n) is 3.80. The summed E-state index contributed by atoms with van der Waals surface area (Å²) in [5.74, 6) is 0.496. The van der Waals surface area contributed by atoms with Gasteiger partial charge in [-0.2, -0.15) is 0 Å². The van der Waals surface area contributed by atoms with Gasteiger partial charge in [0.05, 0.1) is 6.04 Å². The molecule has 5 heteroatoms. The molecule has 0 aliphatic rings. The van der Waals surface area contributed by atoms with E-state index in [9.17, 15) is 0 Å². The first-order chi connectivity index (χ1) is 8.75. The van der Waals surface area contributed by atoms with Gasteiger partial charge in [-0.25, -0.2) is 9.97 Å². The second kappa shape index (κ2) is 6.07. The average molecular weight is 258 g/mol. The zero-order valence-corrected chi connectivity index (χ0v) is 10.8. The molecule has 2 N–H and O–H groups in total. The molecule has 1 aromatic carbocycles. The van der Waals surface area contributed by atoms with E-state index in [-0.39, 0.29) is 6.04 Å². The van der Waals surface area contributed by atoms with E-state index < -0.39 is 0 Å². The maximum atomic E-state index is 5.21. The standard InChI is InChI=1S/C13H14N4S/c1-10(11-6-3-2-4-7-11)16-13(18)17-12-14-8-5-9-15-12/h2-10H,1H3,(H2,14,15,16,17,18)/t10-/m0/s1. The van der Waals surface area contributed by atoms with Gasteiger partial charge >= 0.3 is 0 Å². The van der Waals surface area contributed by atoms with E-state index >= 15 is 0 Å². The van der Waals surface area contributed by atoms with E-state index in [0.29, 0.717) is 11.1 Å². The number of rotatable bonds is 3. The van der Waals surface area contributed by atoms with E-state index in [1.165, 1.54) is 5.56 Å². The van der Waals surface area contributed by atoms with Crippen LogP contribution in [-0.2, 0) is 0 Å². The fourth-order valence-electron chi connectivity index (χ4n) is 1.52. The van der Waals surface area contributed by atoms with E-state index in [4.69, 9.17) is 12.2 Å². The van der Waals surface area contributed by atoms with Crippen molar-refractivity contribution in [2.75, 3.05) is 5.32 Å². The van der Waals surface area contributed by atoms with Crippen molar-refractivity contribution >= 4 is 23.3 Å². The molecule has 0 aliphatic carbocycles. The summed E-state index contributed by atoms with van der Waals surface area (Å²) in [4.78, 5) is 8.10. The van der Waals surface area contributed by atoms with Crippen molar-refractivity contribution in [3.63, 3.8) is 0 Å². The first kappa shape index (κ1) is 12.4. The van der Waals surface area contributed by atoms with Gasteiger partial charge in [0.15, 0.2) is 5.11 Å². The zero-order valence-electron chi connectivity index (χ0n) is 10.00. The Bertz CT molecular complexity index is 501. The highest BCUT2D eigenvalue weighted by Gasteiger charge is 2.06. The van der Waals surface area contributed by atoms with Crippen LogP contribution in [0.5, 0.6) is 0 Å². The first-order valence-electron chi connectivity index (χ1n) is 5.65. The summed E-state index contributed by atoms with van der Waals surface area (Å²) in [6, 6.07) is 12.0. The molecule has 1 atom stereocenters. The number of aromatic nitrogens is 2. The predicted octanol–water partition coefficient (Wildman–Crippen LogP) is 2.52. The molecule has 4 nitrogen and oxygen atoms in total. The third-order valence-electron chi connectivity index (χ3n) is 2.44. The SMILES string of the molecule is C[C@H](NC(=S)Nc1ncccn1)c1ccccc1. The summed E-state index contributed by atoms with van der Waals surface area (Å²) in [6.07, 6.45) is 3.33. The molecule has 0 saturated carbocycles. The quantitative estimate of drug-likeness (QED) is 0.829. The number of thiocarbonyl (C=S) groups is 1. The monoisotopic (exact) mass is 258 g/mol. The van der Waals surface area contributed by atoms with E-state index in [1.54, 1.807) is 18.5 Å². The van der Waals surface area contributed by atoms with Gasteiger partial charge in [-0.05, 0) is 30.8 Å². The summed E-state index contributed by atoms with van der Waals surface area (Å²) in [7, 11) is 0. The number of hydrogen-bond acceptors (Lipinski definition) is 3. The molecule has 92 valence electrons. The predicted molar refractivity (Wildman–Crippen MR) is 76.2 cm³/mol. The van der Waals surface area contributed by atoms with E-state index in [1.807, 2.05) is 18.2 Å². The van der Waals surface area contributed by atoms with Gasteiger partial charge in [0.25, 0.3) is 0 Å². The van der Waals surface area contributed by atoms with Crippen LogP contribution in [0.4, 0.5) is 5.95 Å². The minimum Gasteiger partial charge on any atom is -0.356 e. The molecule has 0 bridgehead atoms. The van der Waals surface area contributed by atoms with Crippen molar-refractivity contribution in [3.8, 4) is 0 Å². The lowest BCUT2D eigenvalue weighted by Crippen LogP contribution is -2.31. The minimum absolute atomic E-state index is 0.134.